The fourth-order valence-corrected chi connectivity index (χ4v) is 16.7. The zero-order chi connectivity index (χ0) is 43.1. The topological polar surface area (TPSA) is 43.5 Å². The van der Waals surface area contributed by atoms with Crippen LogP contribution in [0.3, 0.4) is 0 Å². The molecule has 6 fully saturated rings. The Labute approximate surface area is 366 Å². The third-order valence-corrected chi connectivity index (χ3v) is 16.5. The van der Waals surface area contributed by atoms with E-state index in [1.807, 2.05) is 0 Å². The molecule has 0 saturated heterocycles. The van der Waals surface area contributed by atoms with Crippen LogP contribution in [0.2, 0.25) is 0 Å². The van der Waals surface area contributed by atoms with Crippen molar-refractivity contribution in [1.82, 2.24) is 0 Å². The van der Waals surface area contributed by atoms with Crippen molar-refractivity contribution in [2.75, 3.05) is 4.90 Å². The smallest absolute Gasteiger partial charge is 0.209 e. The Balaban J connectivity index is 1.00. The molecule has 3 aromatic carbocycles. The van der Waals surface area contributed by atoms with Gasteiger partial charge >= 0.3 is 0 Å². The maximum atomic E-state index is 14.2. The summed E-state index contributed by atoms with van der Waals surface area (Å²) < 4.78 is 2.70. The van der Waals surface area contributed by atoms with Gasteiger partial charge in [-0.3, -0.25) is 4.79 Å². The maximum Gasteiger partial charge on any atom is 0.209 e. The molecule has 8 aliphatic carbocycles. The molecule has 0 amide bonds. The predicted octanol–water partition coefficient (Wildman–Crippen LogP) is 14.3. The molecule has 3 aromatic rings. The van der Waals surface area contributed by atoms with Gasteiger partial charge in [0.05, 0.1) is 11.1 Å². The van der Waals surface area contributed by atoms with Crippen molar-refractivity contribution in [3.63, 3.8) is 0 Å². The van der Waals surface area contributed by atoms with Crippen LogP contribution in [0, 0.1) is 61.2 Å². The number of aliphatic hydroxyl groups excluding tert-OH is 1. The Hall–Kier alpha value is -4.44. The standard InChI is InChI=1S/C57H68N2O2/c1-36-11-21-46(39(4)23-36)58(56-26-38(3)25-53(8,33-56)30-52(6,7)31-56)44-17-13-42(14-18-44)48-50(60)49(51(48)61)43-15-19-45(20-16-43)59(47-22-12-37(2)24-40(47)5)57-29-41-27-54(9,34-57)32-55(10,28-41)35-57/h11-24,38,41H,25-35H2,1-10H3/p+1. The highest BCUT2D eigenvalue weighted by molar-refractivity contribution is 6.39. The average Bonchev–Trinajstić information content (AvgIpc) is 3.12. The number of fused-ring (bicyclic) bond motifs is 2. The second kappa shape index (κ2) is 13.5. The molecule has 11 rings (SSSR count). The minimum Gasteiger partial charge on any atom is -0.506 e. The van der Waals surface area contributed by atoms with Crippen LogP contribution < -0.4 is 4.90 Å². The molecule has 0 spiro atoms. The van der Waals surface area contributed by atoms with Crippen LogP contribution in [0.1, 0.15) is 140 Å². The number of carbonyl (C=O) groups excluding carboxylic acids is 1. The Bertz CT molecular complexity index is 2500. The highest BCUT2D eigenvalue weighted by Gasteiger charge is 2.66. The van der Waals surface area contributed by atoms with Crippen LogP contribution in [0.15, 0.2) is 102 Å². The Morgan fingerprint density at radius 2 is 1.26 bits per heavy atom. The molecule has 318 valence electrons. The third-order valence-electron chi connectivity index (χ3n) is 16.5. The van der Waals surface area contributed by atoms with E-state index < -0.39 is 0 Å². The van der Waals surface area contributed by atoms with E-state index in [9.17, 15) is 9.90 Å². The van der Waals surface area contributed by atoms with E-state index in [1.54, 1.807) is 0 Å². The summed E-state index contributed by atoms with van der Waals surface area (Å²) in [6, 6.07) is 22.4. The molecule has 0 radical (unpaired) electrons. The number of hydrogen-bond donors (Lipinski definition) is 1. The predicted molar refractivity (Wildman–Crippen MR) is 252 cm³/mol. The van der Waals surface area contributed by atoms with Crippen LogP contribution in [-0.2, 0) is 4.79 Å². The second-order valence-corrected chi connectivity index (χ2v) is 23.9. The minimum atomic E-state index is -0.0816. The number of aryl methyl sites for hydroxylation is 4. The van der Waals surface area contributed by atoms with Crippen molar-refractivity contribution >= 4 is 34.1 Å². The number of ketones is 1. The monoisotopic (exact) mass is 814 g/mol. The summed E-state index contributed by atoms with van der Waals surface area (Å²) in [6.07, 6.45) is 22.3. The summed E-state index contributed by atoms with van der Waals surface area (Å²) >= 11 is 0. The molecule has 0 heterocycles. The lowest BCUT2D eigenvalue weighted by Gasteiger charge is -2.63. The highest BCUT2D eigenvalue weighted by atomic mass is 16.3. The molecule has 0 aromatic heterocycles. The van der Waals surface area contributed by atoms with E-state index in [0.717, 1.165) is 35.6 Å². The van der Waals surface area contributed by atoms with Crippen molar-refractivity contribution in [3.8, 4) is 0 Å². The summed E-state index contributed by atoms with van der Waals surface area (Å²) in [5, 5.41) is 11.7. The summed E-state index contributed by atoms with van der Waals surface area (Å²) in [5.41, 5.74) is 13.8. The first kappa shape index (κ1) is 40.6. The summed E-state index contributed by atoms with van der Waals surface area (Å²) in [6.45, 7) is 23.9. The lowest BCUT2D eigenvalue weighted by Crippen LogP contribution is -2.62. The number of Topliss-reactive ketones (excluding diaryl/α,β-unsaturated/α-hetero) is 1. The zero-order valence-electron chi connectivity index (χ0n) is 38.8. The number of rotatable bonds is 6. The van der Waals surface area contributed by atoms with Crippen molar-refractivity contribution in [3.05, 3.63) is 130 Å². The molecule has 5 atom stereocenters. The minimum absolute atomic E-state index is 0.0180. The molecule has 4 nitrogen and oxygen atoms in total. The van der Waals surface area contributed by atoms with Crippen molar-refractivity contribution in [2.45, 2.75) is 151 Å². The number of aliphatic hydroxyl groups is 1. The molecule has 5 unspecified atom stereocenters. The summed E-state index contributed by atoms with van der Waals surface area (Å²) in [5.74, 6) is 1.42. The lowest BCUT2D eigenvalue weighted by molar-refractivity contribution is -0.563. The fraction of sp³-hybridized carbons (Fsp3) is 0.509. The first-order chi connectivity index (χ1) is 28.7. The van der Waals surface area contributed by atoms with E-state index in [-0.39, 0.29) is 28.0 Å². The molecule has 6 bridgehead atoms. The quantitative estimate of drug-likeness (QED) is 0.199. The maximum absolute atomic E-state index is 14.2. The Morgan fingerprint density at radius 3 is 1.87 bits per heavy atom. The summed E-state index contributed by atoms with van der Waals surface area (Å²) in [7, 11) is 0. The molecule has 61 heavy (non-hydrogen) atoms. The van der Waals surface area contributed by atoms with Crippen molar-refractivity contribution in [1.29, 1.82) is 0 Å². The van der Waals surface area contributed by atoms with E-state index in [4.69, 9.17) is 0 Å². The largest absolute Gasteiger partial charge is 0.506 e. The molecular weight excluding hydrogens is 745 g/mol. The van der Waals surface area contributed by atoms with E-state index in [1.165, 1.54) is 97.1 Å². The van der Waals surface area contributed by atoms with Gasteiger partial charge in [-0.2, -0.15) is 4.58 Å². The molecular formula is C57H69N2O2+. The van der Waals surface area contributed by atoms with Gasteiger partial charge in [-0.25, -0.2) is 0 Å². The molecule has 0 aliphatic heterocycles. The van der Waals surface area contributed by atoms with E-state index >= 15 is 0 Å². The number of allylic oxidation sites excluding steroid dienone is 7. The highest BCUT2D eigenvalue weighted by Crippen LogP contribution is 2.68. The lowest BCUT2D eigenvalue weighted by atomic mass is 9.42. The van der Waals surface area contributed by atoms with Crippen molar-refractivity contribution < 1.29 is 14.5 Å². The first-order valence-electron chi connectivity index (χ1n) is 23.5. The first-order valence-corrected chi connectivity index (χ1v) is 23.5. The van der Waals surface area contributed by atoms with Crippen LogP contribution in [0.25, 0.3) is 5.57 Å². The number of benzene rings is 3. The number of anilines is 2. The summed E-state index contributed by atoms with van der Waals surface area (Å²) in [4.78, 5) is 16.8. The normalized spacial score (nSPS) is 34.6. The van der Waals surface area contributed by atoms with Crippen molar-refractivity contribution in [2.24, 2.45) is 33.5 Å². The van der Waals surface area contributed by atoms with Gasteiger partial charge in [0.1, 0.15) is 5.76 Å². The van der Waals surface area contributed by atoms with Gasteiger partial charge < -0.3 is 10.0 Å². The second-order valence-electron chi connectivity index (χ2n) is 23.9. The third kappa shape index (κ3) is 6.67. The van der Waals surface area contributed by atoms with Crippen LogP contribution in [0.5, 0.6) is 0 Å². The fourth-order valence-electron chi connectivity index (χ4n) is 16.7. The Kier molecular flexibility index (Phi) is 9.01. The number of carbonyl (C=O) groups is 1. The van der Waals surface area contributed by atoms with Gasteiger partial charge in [-0.15, -0.1) is 0 Å². The Morgan fingerprint density at radius 1 is 0.639 bits per heavy atom. The van der Waals surface area contributed by atoms with Gasteiger partial charge in [-0.1, -0.05) is 83.0 Å². The van der Waals surface area contributed by atoms with Gasteiger partial charge in [0.25, 0.3) is 0 Å². The number of nitrogens with zero attached hydrogens (tertiary/aromatic N) is 2. The van der Waals surface area contributed by atoms with Gasteiger partial charge in [-0.05, 0) is 166 Å². The van der Waals surface area contributed by atoms with Gasteiger partial charge in [0.2, 0.25) is 17.2 Å². The van der Waals surface area contributed by atoms with E-state index in [0.29, 0.717) is 33.3 Å². The van der Waals surface area contributed by atoms with Crippen LogP contribution in [0.4, 0.5) is 17.1 Å². The molecule has 1 N–H and O–H groups in total. The average molecular weight is 814 g/mol. The van der Waals surface area contributed by atoms with Gasteiger partial charge in [0.15, 0.2) is 5.54 Å². The van der Waals surface area contributed by atoms with Gasteiger partial charge in [0, 0.05) is 60.0 Å². The van der Waals surface area contributed by atoms with Crippen LogP contribution in [-0.4, -0.2) is 32.3 Å². The zero-order valence-corrected chi connectivity index (χ0v) is 38.8. The van der Waals surface area contributed by atoms with Crippen LogP contribution >= 0.6 is 0 Å². The molecule has 4 heteroatoms. The molecule has 6 saturated carbocycles. The number of hydrogen-bond acceptors (Lipinski definition) is 3. The molecule has 8 aliphatic rings. The SMILES string of the molecule is Cc1ccc(N(c2ccc(C3=C(O)C(=C4C=CC(=[N+](c5ccc(C)cc5C)C56CC7CC(C)(CC(C)(C7)C5)C6)C=C4)C3=O)cc2)C23CC(C)CC(C)(CC(C)(C)C2)C3)c(C)c1. The van der Waals surface area contributed by atoms with E-state index in [2.05, 4.69) is 164 Å².